The summed E-state index contributed by atoms with van der Waals surface area (Å²) in [4.78, 5) is 9.02. The van der Waals surface area contributed by atoms with E-state index in [0.717, 1.165) is 38.9 Å². The summed E-state index contributed by atoms with van der Waals surface area (Å²) in [6.45, 7) is 5.89. The number of benzene rings is 3. The Bertz CT molecular complexity index is 1130. The van der Waals surface area contributed by atoms with Gasteiger partial charge in [-0.2, -0.15) is 0 Å². The number of rotatable bonds is 4. The van der Waals surface area contributed by atoms with Crippen LogP contribution >= 0.6 is 0 Å². The average molecular weight is 348 g/mol. The lowest BCUT2D eigenvalue weighted by molar-refractivity contribution is 1.38. The fourth-order valence-corrected chi connectivity index (χ4v) is 3.55. The van der Waals surface area contributed by atoms with E-state index in [9.17, 15) is 0 Å². The molecule has 0 atom stereocenters. The van der Waals surface area contributed by atoms with Crippen LogP contribution in [0.3, 0.4) is 0 Å². The van der Waals surface area contributed by atoms with E-state index >= 15 is 0 Å². The number of hydrogen-bond donors (Lipinski definition) is 0. The highest BCUT2D eigenvalue weighted by Crippen LogP contribution is 2.38. The molecule has 2 heteroatoms. The maximum Gasteiger partial charge on any atom is 0.0970 e. The minimum absolute atomic E-state index is 0.822. The molecule has 0 aliphatic rings. The second-order valence-electron chi connectivity index (χ2n) is 6.31. The van der Waals surface area contributed by atoms with Gasteiger partial charge in [-0.25, -0.2) is 0 Å². The predicted octanol–water partition coefficient (Wildman–Crippen LogP) is 6.69. The Morgan fingerprint density at radius 3 is 2.26 bits per heavy atom. The molecule has 4 aromatic rings. The first-order valence-corrected chi connectivity index (χ1v) is 8.99. The number of hydrogen-bond acceptors (Lipinski definition) is 2. The Morgan fingerprint density at radius 2 is 1.59 bits per heavy atom. The summed E-state index contributed by atoms with van der Waals surface area (Å²) in [5.41, 5.74) is 7.35. The van der Waals surface area contributed by atoms with E-state index in [1.54, 1.807) is 0 Å². The average Bonchev–Trinajstić information content (AvgIpc) is 2.75. The Balaban J connectivity index is 1.97. The number of allylic oxidation sites excluding steroid dienone is 1. The van der Waals surface area contributed by atoms with Crippen molar-refractivity contribution in [3.63, 3.8) is 0 Å². The summed E-state index contributed by atoms with van der Waals surface area (Å²) in [6, 6.07) is 27.0. The number of aliphatic imine (C=N–C) groups is 1. The molecule has 0 spiro atoms. The van der Waals surface area contributed by atoms with Crippen molar-refractivity contribution in [3.8, 4) is 11.1 Å². The van der Waals surface area contributed by atoms with Crippen molar-refractivity contribution in [3.05, 3.63) is 102 Å². The van der Waals surface area contributed by atoms with Gasteiger partial charge in [0.2, 0.25) is 0 Å². The molecular weight excluding hydrogens is 328 g/mol. The van der Waals surface area contributed by atoms with Gasteiger partial charge >= 0.3 is 0 Å². The van der Waals surface area contributed by atoms with E-state index in [1.807, 2.05) is 37.4 Å². The lowest BCUT2D eigenvalue weighted by Gasteiger charge is -2.14. The first-order valence-electron chi connectivity index (χ1n) is 8.99. The minimum atomic E-state index is 0.822. The molecule has 0 radical (unpaired) electrons. The van der Waals surface area contributed by atoms with Crippen molar-refractivity contribution in [2.45, 2.75) is 6.92 Å². The summed E-state index contributed by atoms with van der Waals surface area (Å²) >= 11 is 0. The number of pyridine rings is 1. The van der Waals surface area contributed by atoms with E-state index in [2.05, 4.69) is 77.4 Å². The van der Waals surface area contributed by atoms with E-state index < -0.39 is 0 Å². The third-order valence-corrected chi connectivity index (χ3v) is 4.79. The molecule has 0 bridgehead atoms. The topological polar surface area (TPSA) is 25.2 Å². The first kappa shape index (κ1) is 16.9. The minimum Gasteiger partial charge on any atom is -0.262 e. The summed E-state index contributed by atoms with van der Waals surface area (Å²) < 4.78 is 0. The molecule has 0 aliphatic carbocycles. The van der Waals surface area contributed by atoms with Gasteiger partial charge in [-0.15, -0.1) is 0 Å². The van der Waals surface area contributed by atoms with Gasteiger partial charge in [0.05, 0.1) is 11.2 Å². The molecule has 1 aromatic heterocycles. The van der Waals surface area contributed by atoms with Gasteiger partial charge in [0.25, 0.3) is 0 Å². The van der Waals surface area contributed by atoms with Crippen LogP contribution in [0.15, 0.2) is 96.1 Å². The second kappa shape index (κ2) is 7.38. The Kier molecular flexibility index (Phi) is 4.63. The van der Waals surface area contributed by atoms with Gasteiger partial charge in [-0.05, 0) is 42.0 Å². The molecule has 4 rings (SSSR count). The molecule has 0 saturated heterocycles. The van der Waals surface area contributed by atoms with Crippen molar-refractivity contribution in [2.24, 2.45) is 4.99 Å². The quantitative estimate of drug-likeness (QED) is 0.377. The fourth-order valence-electron chi connectivity index (χ4n) is 3.55. The molecular formula is C25H20N2. The lowest BCUT2D eigenvalue weighted by Crippen LogP contribution is -1.92. The Morgan fingerprint density at radius 1 is 0.889 bits per heavy atom. The lowest BCUT2D eigenvalue weighted by atomic mass is 9.93. The molecule has 3 aromatic carbocycles. The smallest absolute Gasteiger partial charge is 0.0970 e. The Hall–Kier alpha value is -3.52. The highest BCUT2D eigenvalue weighted by atomic mass is 14.8. The third-order valence-electron chi connectivity index (χ3n) is 4.79. The zero-order valence-electron chi connectivity index (χ0n) is 15.3. The van der Waals surface area contributed by atoms with Crippen LogP contribution in [0.4, 0.5) is 5.69 Å². The molecule has 27 heavy (non-hydrogen) atoms. The second-order valence-corrected chi connectivity index (χ2v) is 6.31. The van der Waals surface area contributed by atoms with Crippen molar-refractivity contribution in [1.29, 1.82) is 0 Å². The molecule has 0 aliphatic heterocycles. The fraction of sp³-hybridized carbons (Fsp3) is 0.0400. The number of nitrogens with zero attached hydrogens (tertiary/aromatic N) is 2. The van der Waals surface area contributed by atoms with Gasteiger partial charge in [0.1, 0.15) is 0 Å². The summed E-state index contributed by atoms with van der Waals surface area (Å²) in [5.74, 6) is 0. The van der Waals surface area contributed by atoms with Gasteiger partial charge in [0, 0.05) is 17.1 Å². The monoisotopic (exact) mass is 348 g/mol. The molecule has 0 saturated carbocycles. The van der Waals surface area contributed by atoms with Crippen LogP contribution in [0.2, 0.25) is 0 Å². The van der Waals surface area contributed by atoms with Crippen LogP contribution in [0.5, 0.6) is 0 Å². The summed E-state index contributed by atoms with van der Waals surface area (Å²) in [5, 5.41) is 1.08. The molecule has 0 amide bonds. The summed E-state index contributed by atoms with van der Waals surface area (Å²) in [6.07, 6.45) is 3.97. The van der Waals surface area contributed by atoms with Crippen molar-refractivity contribution in [1.82, 2.24) is 4.98 Å². The van der Waals surface area contributed by atoms with Crippen LogP contribution in [0.1, 0.15) is 18.1 Å². The maximum atomic E-state index is 4.65. The predicted molar refractivity (Wildman–Crippen MR) is 116 cm³/mol. The molecule has 0 N–H and O–H groups in total. The first-order chi connectivity index (χ1) is 13.3. The molecule has 2 nitrogen and oxygen atoms in total. The highest BCUT2D eigenvalue weighted by Gasteiger charge is 2.15. The van der Waals surface area contributed by atoms with E-state index in [0.29, 0.717) is 0 Å². The van der Waals surface area contributed by atoms with Gasteiger partial charge in [-0.1, -0.05) is 78.9 Å². The standard InChI is InChI=1S/C25H20N2/c1-3-20(18-10-6-4-7-11-18)22-14-15-23-21(19-12-8-5-9-13-19)16-17-27-25(23)24(22)26-2/h3-17H,2H2,1H3/b20-3-. The zero-order chi connectivity index (χ0) is 18.6. The van der Waals surface area contributed by atoms with Gasteiger partial charge < -0.3 is 0 Å². The van der Waals surface area contributed by atoms with Crippen LogP contribution in [0.25, 0.3) is 27.6 Å². The van der Waals surface area contributed by atoms with E-state index in [-0.39, 0.29) is 0 Å². The van der Waals surface area contributed by atoms with Crippen molar-refractivity contribution < 1.29 is 0 Å². The van der Waals surface area contributed by atoms with E-state index in [1.165, 1.54) is 5.56 Å². The SMILES string of the molecule is C=Nc1c(/C(=C\C)c2ccccc2)ccc2c(-c3ccccc3)ccnc12. The normalized spacial score (nSPS) is 11.5. The third kappa shape index (κ3) is 3.06. The van der Waals surface area contributed by atoms with Crippen molar-refractivity contribution in [2.75, 3.05) is 0 Å². The number of fused-ring (bicyclic) bond motifs is 1. The largest absolute Gasteiger partial charge is 0.262 e. The summed E-state index contributed by atoms with van der Waals surface area (Å²) in [7, 11) is 0. The number of aromatic nitrogens is 1. The molecule has 130 valence electrons. The van der Waals surface area contributed by atoms with E-state index in [4.69, 9.17) is 0 Å². The zero-order valence-corrected chi connectivity index (χ0v) is 15.3. The maximum absolute atomic E-state index is 4.65. The molecule has 0 unspecified atom stereocenters. The highest BCUT2D eigenvalue weighted by molar-refractivity contribution is 6.04. The van der Waals surface area contributed by atoms with Crippen LogP contribution in [0, 0.1) is 0 Å². The van der Waals surface area contributed by atoms with Crippen LogP contribution < -0.4 is 0 Å². The van der Waals surface area contributed by atoms with Gasteiger partial charge in [-0.3, -0.25) is 9.98 Å². The Labute approximate surface area is 159 Å². The molecule has 1 heterocycles. The molecule has 0 fully saturated rings. The van der Waals surface area contributed by atoms with Crippen LogP contribution in [-0.2, 0) is 0 Å². The van der Waals surface area contributed by atoms with Crippen molar-refractivity contribution >= 4 is 28.9 Å². The van der Waals surface area contributed by atoms with Gasteiger partial charge in [0.15, 0.2) is 0 Å². The van der Waals surface area contributed by atoms with Crippen LogP contribution in [-0.4, -0.2) is 11.7 Å².